The van der Waals surface area contributed by atoms with E-state index in [4.69, 9.17) is 5.84 Å². The van der Waals surface area contributed by atoms with Crippen molar-refractivity contribution in [3.8, 4) is 0 Å². The average Bonchev–Trinajstić information content (AvgIpc) is 2.41. The summed E-state index contributed by atoms with van der Waals surface area (Å²) in [4.78, 5) is 0. The highest BCUT2D eigenvalue weighted by Gasteiger charge is 2.22. The van der Waals surface area contributed by atoms with Gasteiger partial charge in [-0.15, -0.1) is 0 Å². The van der Waals surface area contributed by atoms with Crippen molar-refractivity contribution in [2.75, 3.05) is 0 Å². The Bertz CT molecular complexity index is 294. The molecular weight excluding hydrogens is 162 g/mol. The predicted octanol–water partition coefficient (Wildman–Crippen LogP) is 1.15. The minimum atomic E-state index is -0.376. The molecule has 0 amide bonds. The highest BCUT2D eigenvalue weighted by Crippen LogP contribution is 2.25. The third-order valence-corrected chi connectivity index (χ3v) is 2.04. The third-order valence-electron chi connectivity index (χ3n) is 2.04. The molecule has 0 radical (unpaired) electrons. The minimum absolute atomic E-state index is 0.291. The summed E-state index contributed by atoms with van der Waals surface area (Å²) in [5.74, 6) is 4.67. The Morgan fingerprint density at radius 1 is 1.08 bits per heavy atom. The largest absolute Gasteiger partial charge is 0.268 e. The smallest absolute Gasteiger partial charge is 0.128 e. The molecule has 1 aromatic rings. The molecule has 1 aliphatic rings. The molecule has 1 aromatic carbocycles. The van der Waals surface area contributed by atoms with Gasteiger partial charge in [-0.3, -0.25) is 5.84 Å². The zero-order valence-electron chi connectivity index (χ0n) is 6.35. The van der Waals surface area contributed by atoms with Crippen LogP contribution < -0.4 is 5.84 Å². The lowest BCUT2D eigenvalue weighted by atomic mass is 10.1. The maximum atomic E-state index is 13.0. The number of halogens is 2. The Morgan fingerprint density at radius 3 is 1.92 bits per heavy atom. The lowest BCUT2D eigenvalue weighted by Gasteiger charge is -2.02. The standard InChI is InChI=1S/C8H8F2N2/c9-7-1-2-8(10)6-4-12(11)3-5(6)7/h1-2H,3-4,11H2. The van der Waals surface area contributed by atoms with E-state index in [0.29, 0.717) is 24.2 Å². The van der Waals surface area contributed by atoms with Crippen molar-refractivity contribution in [1.29, 1.82) is 0 Å². The molecule has 0 unspecified atom stereocenters. The summed E-state index contributed by atoms with van der Waals surface area (Å²) in [7, 11) is 0. The first-order valence-electron chi connectivity index (χ1n) is 3.64. The van der Waals surface area contributed by atoms with Crippen LogP contribution in [0.15, 0.2) is 12.1 Å². The summed E-state index contributed by atoms with van der Waals surface area (Å²) in [5.41, 5.74) is 0.773. The highest BCUT2D eigenvalue weighted by molar-refractivity contribution is 5.32. The second-order valence-electron chi connectivity index (χ2n) is 2.89. The summed E-state index contributed by atoms with van der Waals surface area (Å²) >= 11 is 0. The van der Waals surface area contributed by atoms with Crippen LogP contribution in [0.4, 0.5) is 8.78 Å². The van der Waals surface area contributed by atoms with Crippen molar-refractivity contribution in [3.05, 3.63) is 34.9 Å². The minimum Gasteiger partial charge on any atom is -0.268 e. The maximum absolute atomic E-state index is 13.0. The maximum Gasteiger partial charge on any atom is 0.128 e. The lowest BCUT2D eigenvalue weighted by Crippen LogP contribution is -2.24. The van der Waals surface area contributed by atoms with Crippen molar-refractivity contribution in [2.24, 2.45) is 5.84 Å². The summed E-state index contributed by atoms with van der Waals surface area (Å²) in [6.07, 6.45) is 0. The van der Waals surface area contributed by atoms with E-state index < -0.39 is 0 Å². The van der Waals surface area contributed by atoms with Gasteiger partial charge in [-0.1, -0.05) is 0 Å². The molecule has 4 heteroatoms. The first kappa shape index (κ1) is 7.64. The Balaban J connectivity index is 2.56. The fourth-order valence-corrected chi connectivity index (χ4v) is 1.44. The molecule has 2 rings (SSSR count). The van der Waals surface area contributed by atoms with Gasteiger partial charge in [0, 0.05) is 24.2 Å². The first-order chi connectivity index (χ1) is 5.68. The lowest BCUT2D eigenvalue weighted by molar-refractivity contribution is 0.291. The van der Waals surface area contributed by atoms with Gasteiger partial charge in [0.05, 0.1) is 0 Å². The summed E-state index contributed by atoms with van der Waals surface area (Å²) in [6, 6.07) is 2.26. The van der Waals surface area contributed by atoms with E-state index in [1.165, 1.54) is 5.01 Å². The molecule has 0 aliphatic carbocycles. The Kier molecular flexibility index (Phi) is 1.59. The SMILES string of the molecule is NN1Cc2c(F)ccc(F)c2C1. The third kappa shape index (κ3) is 1.00. The summed E-state index contributed by atoms with van der Waals surface area (Å²) < 4.78 is 26.0. The number of hydrazine groups is 1. The molecular formula is C8H8F2N2. The zero-order valence-corrected chi connectivity index (χ0v) is 6.35. The molecule has 0 saturated carbocycles. The van der Waals surface area contributed by atoms with E-state index in [0.717, 1.165) is 12.1 Å². The van der Waals surface area contributed by atoms with Crippen molar-refractivity contribution in [2.45, 2.75) is 13.1 Å². The second-order valence-corrected chi connectivity index (χ2v) is 2.89. The van der Waals surface area contributed by atoms with Gasteiger partial charge in [-0.25, -0.2) is 13.8 Å². The topological polar surface area (TPSA) is 29.3 Å². The Labute approximate surface area is 68.6 Å². The molecule has 1 aliphatic heterocycles. The number of hydrogen-bond donors (Lipinski definition) is 1. The van der Waals surface area contributed by atoms with Crippen LogP contribution in [-0.2, 0) is 13.1 Å². The van der Waals surface area contributed by atoms with Crippen LogP contribution in [0.5, 0.6) is 0 Å². The van der Waals surface area contributed by atoms with Crippen molar-refractivity contribution in [3.63, 3.8) is 0 Å². The van der Waals surface area contributed by atoms with Gasteiger partial charge in [0.15, 0.2) is 0 Å². The molecule has 2 nitrogen and oxygen atoms in total. The molecule has 0 fully saturated rings. The van der Waals surface area contributed by atoms with Gasteiger partial charge in [-0.2, -0.15) is 0 Å². The van der Waals surface area contributed by atoms with Gasteiger partial charge in [0.1, 0.15) is 11.6 Å². The molecule has 12 heavy (non-hydrogen) atoms. The van der Waals surface area contributed by atoms with Gasteiger partial charge >= 0.3 is 0 Å². The van der Waals surface area contributed by atoms with Crippen LogP contribution in [0.2, 0.25) is 0 Å². The van der Waals surface area contributed by atoms with Gasteiger partial charge in [0.2, 0.25) is 0 Å². The van der Waals surface area contributed by atoms with Crippen molar-refractivity contribution in [1.82, 2.24) is 5.01 Å². The van der Waals surface area contributed by atoms with E-state index >= 15 is 0 Å². The second kappa shape index (κ2) is 2.50. The molecule has 0 saturated heterocycles. The molecule has 64 valence electrons. The molecule has 0 spiro atoms. The van der Waals surface area contributed by atoms with Crippen molar-refractivity contribution >= 4 is 0 Å². The van der Waals surface area contributed by atoms with E-state index in [1.807, 2.05) is 0 Å². The fraction of sp³-hybridized carbons (Fsp3) is 0.250. The quantitative estimate of drug-likeness (QED) is 0.592. The van der Waals surface area contributed by atoms with E-state index in [2.05, 4.69) is 0 Å². The highest BCUT2D eigenvalue weighted by atomic mass is 19.1. The Morgan fingerprint density at radius 2 is 1.50 bits per heavy atom. The monoisotopic (exact) mass is 170 g/mol. The van der Waals surface area contributed by atoms with Gasteiger partial charge in [-0.05, 0) is 12.1 Å². The fourth-order valence-electron chi connectivity index (χ4n) is 1.44. The number of nitrogens with zero attached hydrogens (tertiary/aromatic N) is 1. The summed E-state index contributed by atoms with van der Waals surface area (Å²) in [6.45, 7) is 0.581. The normalized spacial score (nSPS) is 16.6. The molecule has 1 heterocycles. The van der Waals surface area contributed by atoms with Crippen LogP contribution in [0.3, 0.4) is 0 Å². The van der Waals surface area contributed by atoms with Crippen LogP contribution in [-0.4, -0.2) is 5.01 Å². The van der Waals surface area contributed by atoms with E-state index in [9.17, 15) is 8.78 Å². The van der Waals surface area contributed by atoms with E-state index in [-0.39, 0.29) is 11.6 Å². The van der Waals surface area contributed by atoms with Gasteiger partial charge < -0.3 is 0 Å². The molecule has 0 atom stereocenters. The molecule has 0 bridgehead atoms. The zero-order chi connectivity index (χ0) is 8.72. The van der Waals surface area contributed by atoms with Gasteiger partial charge in [0.25, 0.3) is 0 Å². The number of rotatable bonds is 0. The first-order valence-corrected chi connectivity index (χ1v) is 3.64. The van der Waals surface area contributed by atoms with Crippen LogP contribution in [0.1, 0.15) is 11.1 Å². The number of nitrogens with two attached hydrogens (primary N) is 1. The van der Waals surface area contributed by atoms with Crippen molar-refractivity contribution < 1.29 is 8.78 Å². The molecule has 0 aromatic heterocycles. The van der Waals surface area contributed by atoms with Crippen LogP contribution in [0.25, 0.3) is 0 Å². The number of benzene rings is 1. The predicted molar refractivity (Wildman–Crippen MR) is 39.8 cm³/mol. The number of fused-ring (bicyclic) bond motifs is 1. The van der Waals surface area contributed by atoms with Crippen LogP contribution in [0, 0.1) is 11.6 Å². The average molecular weight is 170 g/mol. The number of hydrogen-bond acceptors (Lipinski definition) is 2. The summed E-state index contributed by atoms with van der Waals surface area (Å²) in [5, 5.41) is 1.39. The van der Waals surface area contributed by atoms with Crippen LogP contribution >= 0.6 is 0 Å². The molecule has 2 N–H and O–H groups in total. The van der Waals surface area contributed by atoms with E-state index in [1.54, 1.807) is 0 Å². The Hall–Kier alpha value is -1.00.